The highest BCUT2D eigenvalue weighted by atomic mass is 16.5. The highest BCUT2D eigenvalue weighted by molar-refractivity contribution is 6.32. The molecule has 1 fully saturated rings. The maximum atomic E-state index is 13.5. The predicted octanol–water partition coefficient (Wildman–Crippen LogP) is 5.34. The number of nitrogens with one attached hydrogen (secondary N) is 3. The number of carbonyl (C=O) groups excluding carboxylic acids is 3. The molecule has 6 rings (SSSR count). The Morgan fingerprint density at radius 2 is 1.50 bits per heavy atom. The van der Waals surface area contributed by atoms with E-state index in [1.165, 1.54) is 19.9 Å². The van der Waals surface area contributed by atoms with Crippen molar-refractivity contribution in [1.29, 1.82) is 0 Å². The number of likely N-dealkylation sites (N-methyl/N-ethyl adjacent to an activating group) is 1. The Balaban J connectivity index is 1.13. The summed E-state index contributed by atoms with van der Waals surface area (Å²) in [6.45, 7) is 4.08. The monoisotopic (exact) mass is 617 g/mol. The van der Waals surface area contributed by atoms with Gasteiger partial charge in [-0.15, -0.1) is 0 Å². The van der Waals surface area contributed by atoms with Crippen molar-refractivity contribution in [3.8, 4) is 11.5 Å². The number of anilines is 4. The first kappa shape index (κ1) is 30.4. The molecule has 4 aromatic rings. The summed E-state index contributed by atoms with van der Waals surface area (Å²) in [5, 5.41) is 8.95. The van der Waals surface area contributed by atoms with E-state index in [1.807, 2.05) is 12.1 Å². The molecule has 0 atom stereocenters. The number of piperazine rings is 1. The minimum atomic E-state index is -0.357. The number of hydrogen-bond acceptors (Lipinski definition) is 8. The minimum Gasteiger partial charge on any atom is -0.493 e. The van der Waals surface area contributed by atoms with Crippen LogP contribution in [0.1, 0.15) is 31.8 Å². The third-order valence-electron chi connectivity index (χ3n) is 8.21. The molecule has 0 aliphatic carbocycles. The first-order valence-corrected chi connectivity index (χ1v) is 15.0. The molecular weight excluding hydrogens is 582 g/mol. The Kier molecular flexibility index (Phi) is 8.71. The van der Waals surface area contributed by atoms with E-state index >= 15 is 0 Å². The summed E-state index contributed by atoms with van der Waals surface area (Å²) in [5.74, 6) is 0.107. The van der Waals surface area contributed by atoms with E-state index in [0.717, 1.165) is 31.9 Å². The number of rotatable bonds is 9. The molecule has 2 aliphatic rings. The van der Waals surface area contributed by atoms with Crippen LogP contribution in [0.4, 0.5) is 22.7 Å². The lowest BCUT2D eigenvalue weighted by atomic mass is 9.99. The van der Waals surface area contributed by atoms with E-state index < -0.39 is 0 Å². The third kappa shape index (κ3) is 6.43. The molecule has 234 valence electrons. The average molecular weight is 618 g/mol. The molecule has 0 radical (unpaired) electrons. The lowest BCUT2D eigenvalue weighted by molar-refractivity contribution is -0.110. The summed E-state index contributed by atoms with van der Waals surface area (Å²) in [7, 11) is 5.17. The van der Waals surface area contributed by atoms with Gasteiger partial charge in [0.2, 0.25) is 0 Å². The van der Waals surface area contributed by atoms with Gasteiger partial charge in [-0.05, 0) is 67.7 Å². The Morgan fingerprint density at radius 3 is 2.24 bits per heavy atom. The van der Waals surface area contributed by atoms with Gasteiger partial charge < -0.3 is 35.2 Å². The predicted molar refractivity (Wildman–Crippen MR) is 180 cm³/mol. The van der Waals surface area contributed by atoms with E-state index in [2.05, 4.69) is 44.9 Å². The summed E-state index contributed by atoms with van der Waals surface area (Å²) >= 11 is 0. The van der Waals surface area contributed by atoms with E-state index in [4.69, 9.17) is 9.47 Å². The van der Waals surface area contributed by atoms with Gasteiger partial charge in [-0.2, -0.15) is 0 Å². The number of nitrogens with zero attached hydrogens (tertiary/aromatic N) is 2. The van der Waals surface area contributed by atoms with Crippen molar-refractivity contribution < 1.29 is 23.9 Å². The van der Waals surface area contributed by atoms with Crippen LogP contribution in [0.3, 0.4) is 0 Å². The van der Waals surface area contributed by atoms with E-state index in [-0.39, 0.29) is 17.6 Å². The number of ether oxygens (including phenoxy) is 2. The molecule has 10 nitrogen and oxygen atoms in total. The van der Waals surface area contributed by atoms with Crippen LogP contribution in [0, 0.1) is 0 Å². The van der Waals surface area contributed by atoms with Crippen molar-refractivity contribution in [3.05, 3.63) is 113 Å². The van der Waals surface area contributed by atoms with Gasteiger partial charge in [0, 0.05) is 77.4 Å². The molecule has 0 bridgehead atoms. The smallest absolute Gasteiger partial charge is 0.257 e. The van der Waals surface area contributed by atoms with Crippen molar-refractivity contribution in [3.63, 3.8) is 0 Å². The van der Waals surface area contributed by atoms with Gasteiger partial charge in [0.05, 0.1) is 19.8 Å². The highest BCUT2D eigenvalue weighted by Crippen LogP contribution is 2.34. The van der Waals surface area contributed by atoms with Crippen molar-refractivity contribution in [2.24, 2.45) is 0 Å². The summed E-state index contributed by atoms with van der Waals surface area (Å²) in [6.07, 6.45) is 1.69. The van der Waals surface area contributed by atoms with Crippen LogP contribution in [-0.4, -0.2) is 69.9 Å². The van der Waals surface area contributed by atoms with Gasteiger partial charge in [0.1, 0.15) is 0 Å². The minimum absolute atomic E-state index is 0.241. The molecule has 1 saturated heterocycles. The lowest BCUT2D eigenvalue weighted by Gasteiger charge is -2.34. The third-order valence-corrected chi connectivity index (χ3v) is 8.21. The van der Waals surface area contributed by atoms with Crippen LogP contribution >= 0.6 is 0 Å². The Hall–Kier alpha value is -5.61. The Labute approximate surface area is 267 Å². The second kappa shape index (κ2) is 13.2. The van der Waals surface area contributed by atoms with Gasteiger partial charge in [-0.25, -0.2) is 0 Å². The van der Waals surface area contributed by atoms with E-state index in [0.29, 0.717) is 50.7 Å². The molecule has 2 aliphatic heterocycles. The molecule has 0 unspecified atom stereocenters. The van der Waals surface area contributed by atoms with Crippen molar-refractivity contribution >= 4 is 45.9 Å². The van der Waals surface area contributed by atoms with E-state index in [1.54, 1.807) is 66.9 Å². The van der Waals surface area contributed by atoms with Crippen molar-refractivity contribution in [2.75, 3.05) is 68.3 Å². The molecule has 0 saturated carbocycles. The fraction of sp³-hybridized carbons (Fsp3) is 0.194. The van der Waals surface area contributed by atoms with Gasteiger partial charge in [0.15, 0.2) is 17.3 Å². The lowest BCUT2D eigenvalue weighted by Crippen LogP contribution is -2.44. The summed E-state index contributed by atoms with van der Waals surface area (Å²) in [5.41, 5.74) is 5.46. The molecule has 0 aromatic heterocycles. The number of benzene rings is 4. The molecule has 3 N–H and O–H groups in total. The van der Waals surface area contributed by atoms with Gasteiger partial charge >= 0.3 is 0 Å². The van der Waals surface area contributed by atoms with Crippen LogP contribution in [0.2, 0.25) is 0 Å². The van der Waals surface area contributed by atoms with Crippen LogP contribution < -0.4 is 30.3 Å². The quantitative estimate of drug-likeness (QED) is 0.170. The second-order valence-electron chi connectivity index (χ2n) is 11.2. The van der Waals surface area contributed by atoms with Crippen LogP contribution in [-0.2, 0) is 4.79 Å². The summed E-state index contributed by atoms with van der Waals surface area (Å²) < 4.78 is 10.5. The zero-order valence-corrected chi connectivity index (χ0v) is 25.9. The van der Waals surface area contributed by atoms with E-state index in [9.17, 15) is 14.4 Å². The molecule has 10 heteroatoms. The number of ketones is 1. The maximum Gasteiger partial charge on any atom is 0.257 e. The van der Waals surface area contributed by atoms with Crippen molar-refractivity contribution in [1.82, 2.24) is 4.90 Å². The number of carbonyl (C=O) groups is 3. The first-order chi connectivity index (χ1) is 22.3. The first-order valence-electron chi connectivity index (χ1n) is 15.0. The van der Waals surface area contributed by atoms with Crippen LogP contribution in [0.5, 0.6) is 11.5 Å². The maximum absolute atomic E-state index is 13.5. The fourth-order valence-electron chi connectivity index (χ4n) is 5.55. The summed E-state index contributed by atoms with van der Waals surface area (Å²) in [4.78, 5) is 43.9. The standard InChI is InChI=1S/C36H35N5O5/c1-40-15-17-41(18-16-40)28-11-9-26(10-12-28)37-22-30-29-13-7-24(20-31(29)39-36(30)44)34(42)23-5-4-6-27(19-23)38-35(43)25-8-14-32(45-2)33(21-25)46-3/h4-14,19-22,37H,15-18H2,1-3H3,(H,38,43)(H,39,44)/b30-22+. The summed E-state index contributed by atoms with van der Waals surface area (Å²) in [6, 6.07) is 24.9. The fourth-order valence-corrected chi connectivity index (χ4v) is 5.55. The topological polar surface area (TPSA) is 112 Å². The van der Waals surface area contributed by atoms with Gasteiger partial charge in [-0.3, -0.25) is 14.4 Å². The average Bonchev–Trinajstić information content (AvgIpc) is 3.41. The van der Waals surface area contributed by atoms with Crippen LogP contribution in [0.15, 0.2) is 91.1 Å². The number of amides is 2. The number of methoxy groups -OCH3 is 2. The molecule has 4 aromatic carbocycles. The normalized spacial score (nSPS) is 15.2. The molecule has 0 spiro atoms. The number of fused-ring (bicyclic) bond motifs is 1. The zero-order chi connectivity index (χ0) is 32.2. The second-order valence-corrected chi connectivity index (χ2v) is 11.2. The van der Waals surface area contributed by atoms with Gasteiger partial charge in [0.25, 0.3) is 11.8 Å². The largest absolute Gasteiger partial charge is 0.493 e. The molecule has 2 heterocycles. The van der Waals surface area contributed by atoms with Crippen LogP contribution in [0.25, 0.3) is 5.57 Å². The van der Waals surface area contributed by atoms with Gasteiger partial charge in [-0.1, -0.05) is 24.3 Å². The molecule has 2 amide bonds. The van der Waals surface area contributed by atoms with Crippen molar-refractivity contribution in [2.45, 2.75) is 0 Å². The molecular formula is C36H35N5O5. The molecule has 46 heavy (non-hydrogen) atoms. The highest BCUT2D eigenvalue weighted by Gasteiger charge is 2.25. The Bertz CT molecular complexity index is 1830. The number of hydrogen-bond donors (Lipinski definition) is 3. The zero-order valence-electron chi connectivity index (χ0n) is 25.9. The SMILES string of the molecule is COc1ccc(C(=O)Nc2cccc(C(=O)c3ccc4c(c3)NC(=O)/C4=C/Nc3ccc(N4CCN(C)CC4)cc3)c2)cc1OC. The Morgan fingerprint density at radius 1 is 0.783 bits per heavy atom.